The summed E-state index contributed by atoms with van der Waals surface area (Å²) in [6.07, 6.45) is 1.63. The van der Waals surface area contributed by atoms with Crippen LogP contribution in [0.3, 0.4) is 0 Å². The Hall–Kier alpha value is -2.24. The van der Waals surface area contributed by atoms with Crippen LogP contribution in [-0.2, 0) is 7.05 Å². The Morgan fingerprint density at radius 1 is 1.27 bits per heavy atom. The van der Waals surface area contributed by atoms with E-state index >= 15 is 0 Å². The summed E-state index contributed by atoms with van der Waals surface area (Å²) in [6.45, 7) is 0. The molecule has 15 heavy (non-hydrogen) atoms. The van der Waals surface area contributed by atoms with Crippen molar-refractivity contribution in [2.45, 2.75) is 0 Å². The van der Waals surface area contributed by atoms with Crippen LogP contribution in [0.2, 0.25) is 0 Å². The third-order valence-corrected chi connectivity index (χ3v) is 1.87. The smallest absolute Gasteiger partial charge is 0.261 e. The maximum absolute atomic E-state index is 7.53. The first-order valence-corrected chi connectivity index (χ1v) is 4.40. The van der Waals surface area contributed by atoms with Crippen molar-refractivity contribution >= 4 is 6.21 Å². The van der Waals surface area contributed by atoms with Crippen LogP contribution in [0.5, 0.6) is 0 Å². The molecule has 2 rings (SSSR count). The van der Waals surface area contributed by atoms with E-state index in [0.29, 0.717) is 0 Å². The van der Waals surface area contributed by atoms with Crippen LogP contribution in [0.15, 0.2) is 35.4 Å². The first kappa shape index (κ1) is 9.32. The van der Waals surface area contributed by atoms with Gasteiger partial charge in [-0.1, -0.05) is 35.1 Å². The van der Waals surface area contributed by atoms with Crippen LogP contribution in [0.1, 0.15) is 5.56 Å². The zero-order valence-corrected chi connectivity index (χ0v) is 8.20. The van der Waals surface area contributed by atoms with Gasteiger partial charge in [-0.3, -0.25) is 5.41 Å². The van der Waals surface area contributed by atoms with Crippen LogP contribution in [0.25, 0.3) is 0 Å². The van der Waals surface area contributed by atoms with E-state index in [4.69, 9.17) is 5.41 Å². The van der Waals surface area contributed by atoms with E-state index in [-0.39, 0.29) is 5.62 Å². The minimum atomic E-state index is 0.127. The molecule has 0 saturated carbocycles. The number of nitrogens with one attached hydrogen (secondary N) is 1. The normalized spacial score (nSPS) is 11.0. The van der Waals surface area contributed by atoms with Gasteiger partial charge >= 0.3 is 0 Å². The molecule has 1 heterocycles. The zero-order chi connectivity index (χ0) is 10.7. The van der Waals surface area contributed by atoms with E-state index in [1.165, 1.54) is 4.68 Å². The van der Waals surface area contributed by atoms with E-state index in [1.807, 2.05) is 30.3 Å². The van der Waals surface area contributed by atoms with Crippen molar-refractivity contribution in [3.8, 4) is 0 Å². The summed E-state index contributed by atoms with van der Waals surface area (Å²) in [5, 5.41) is 18.9. The lowest BCUT2D eigenvalue weighted by Gasteiger charge is -1.90. The van der Waals surface area contributed by atoms with Gasteiger partial charge in [0.15, 0.2) is 0 Å². The molecule has 0 aliphatic rings. The summed E-state index contributed by atoms with van der Waals surface area (Å²) in [5.74, 6) is 0. The first-order chi connectivity index (χ1) is 7.27. The summed E-state index contributed by atoms with van der Waals surface area (Å²) < 4.78 is 1.34. The third kappa shape index (κ3) is 1.98. The van der Waals surface area contributed by atoms with Crippen LogP contribution < -0.4 is 5.62 Å². The molecule has 2 aromatic rings. The molecule has 0 saturated heterocycles. The second-order valence-electron chi connectivity index (χ2n) is 2.97. The predicted octanol–water partition coefficient (Wildman–Crippen LogP) is -0.0217. The quantitative estimate of drug-likeness (QED) is 0.695. The van der Waals surface area contributed by atoms with Gasteiger partial charge < -0.3 is 0 Å². The van der Waals surface area contributed by atoms with Crippen molar-refractivity contribution in [3.05, 3.63) is 41.5 Å². The molecule has 6 heteroatoms. The van der Waals surface area contributed by atoms with E-state index in [1.54, 1.807) is 13.3 Å². The van der Waals surface area contributed by atoms with Crippen molar-refractivity contribution in [2.24, 2.45) is 12.1 Å². The van der Waals surface area contributed by atoms with Gasteiger partial charge in [-0.05, 0) is 16.0 Å². The molecule has 0 aliphatic heterocycles. The second kappa shape index (κ2) is 3.87. The lowest BCUT2D eigenvalue weighted by molar-refractivity contribution is 0.660. The topological polar surface area (TPSA) is 71.8 Å². The van der Waals surface area contributed by atoms with Gasteiger partial charge in [0.05, 0.1) is 6.21 Å². The molecule has 0 unspecified atom stereocenters. The van der Waals surface area contributed by atoms with Gasteiger partial charge in [0.25, 0.3) is 5.62 Å². The summed E-state index contributed by atoms with van der Waals surface area (Å²) in [6, 6.07) is 9.62. The molecule has 1 aromatic carbocycles. The van der Waals surface area contributed by atoms with Crippen molar-refractivity contribution in [2.75, 3.05) is 0 Å². The number of benzene rings is 1. The average Bonchev–Trinajstić information content (AvgIpc) is 2.59. The molecular weight excluding hydrogens is 192 g/mol. The summed E-state index contributed by atoms with van der Waals surface area (Å²) >= 11 is 0. The van der Waals surface area contributed by atoms with Crippen molar-refractivity contribution in [3.63, 3.8) is 0 Å². The number of hydrogen-bond donors (Lipinski definition) is 1. The van der Waals surface area contributed by atoms with Crippen LogP contribution >= 0.6 is 0 Å². The first-order valence-electron chi connectivity index (χ1n) is 4.40. The second-order valence-corrected chi connectivity index (χ2v) is 2.97. The SMILES string of the molecule is Cn1nnn(/N=C\c2ccccc2)c1=N. The van der Waals surface area contributed by atoms with Crippen molar-refractivity contribution in [1.82, 2.24) is 19.9 Å². The molecule has 0 spiro atoms. The molecule has 0 amide bonds. The number of nitrogens with zero attached hydrogens (tertiary/aromatic N) is 5. The number of rotatable bonds is 2. The molecule has 6 nitrogen and oxygen atoms in total. The van der Waals surface area contributed by atoms with Gasteiger partial charge in [-0.25, -0.2) is 4.68 Å². The average molecular weight is 202 g/mol. The van der Waals surface area contributed by atoms with E-state index < -0.39 is 0 Å². The Morgan fingerprint density at radius 3 is 2.60 bits per heavy atom. The van der Waals surface area contributed by atoms with Gasteiger partial charge in [0.1, 0.15) is 0 Å². The Kier molecular flexibility index (Phi) is 2.40. The fourth-order valence-corrected chi connectivity index (χ4v) is 1.05. The predicted molar refractivity (Wildman–Crippen MR) is 54.3 cm³/mol. The van der Waals surface area contributed by atoms with Crippen LogP contribution in [-0.4, -0.2) is 26.1 Å². The van der Waals surface area contributed by atoms with Crippen LogP contribution in [0.4, 0.5) is 0 Å². The van der Waals surface area contributed by atoms with Gasteiger partial charge in [-0.2, -0.15) is 5.10 Å². The number of hydrogen-bond acceptors (Lipinski definition) is 4. The van der Waals surface area contributed by atoms with Gasteiger partial charge in [0.2, 0.25) is 0 Å². The fourth-order valence-electron chi connectivity index (χ4n) is 1.05. The monoisotopic (exact) mass is 202 g/mol. The molecule has 1 N–H and O–H groups in total. The van der Waals surface area contributed by atoms with Crippen molar-refractivity contribution < 1.29 is 0 Å². The third-order valence-electron chi connectivity index (χ3n) is 1.87. The summed E-state index contributed by atoms with van der Waals surface area (Å²) in [5.41, 5.74) is 1.08. The van der Waals surface area contributed by atoms with Gasteiger partial charge in [0, 0.05) is 7.05 Å². The number of aryl methyl sites for hydroxylation is 1. The standard InChI is InChI=1S/C9H10N6/c1-14-9(10)15(13-12-14)11-7-8-5-3-2-4-6-8/h2-7,10H,1H3/b10-9?,11-7-. The number of aromatic nitrogens is 4. The maximum Gasteiger partial charge on any atom is 0.261 e. The highest BCUT2D eigenvalue weighted by atomic mass is 15.7. The molecule has 76 valence electrons. The molecule has 0 fully saturated rings. The summed E-state index contributed by atoms with van der Waals surface area (Å²) in [4.78, 5) is 1.16. The largest absolute Gasteiger partial charge is 0.264 e. The van der Waals surface area contributed by atoms with Crippen LogP contribution in [0, 0.1) is 5.41 Å². The van der Waals surface area contributed by atoms with Crippen molar-refractivity contribution in [1.29, 1.82) is 5.41 Å². The molecular formula is C9H10N6. The minimum absolute atomic E-state index is 0.127. The van der Waals surface area contributed by atoms with Gasteiger partial charge in [-0.15, -0.1) is 0 Å². The Bertz CT molecular complexity index is 521. The Balaban J connectivity index is 2.27. The summed E-state index contributed by atoms with van der Waals surface area (Å²) in [7, 11) is 1.64. The highest BCUT2D eigenvalue weighted by Gasteiger charge is 1.95. The highest BCUT2D eigenvalue weighted by molar-refractivity contribution is 5.79. The van der Waals surface area contributed by atoms with E-state index in [0.717, 1.165) is 10.4 Å². The molecule has 0 bridgehead atoms. The molecule has 0 radical (unpaired) electrons. The maximum atomic E-state index is 7.53. The highest BCUT2D eigenvalue weighted by Crippen LogP contribution is 1.93. The minimum Gasteiger partial charge on any atom is -0.264 e. The lowest BCUT2D eigenvalue weighted by atomic mass is 10.2. The van der Waals surface area contributed by atoms with E-state index in [2.05, 4.69) is 15.5 Å². The fraction of sp³-hybridized carbons (Fsp3) is 0.111. The molecule has 0 aliphatic carbocycles. The zero-order valence-electron chi connectivity index (χ0n) is 8.20. The van der Waals surface area contributed by atoms with E-state index in [9.17, 15) is 0 Å². The molecule has 1 aromatic heterocycles. The Morgan fingerprint density at radius 2 is 2.00 bits per heavy atom. The molecule has 0 atom stereocenters. The Labute approximate surface area is 86.0 Å². The number of tetrazole rings is 1. The lowest BCUT2D eigenvalue weighted by Crippen LogP contribution is -2.20.